The molecule has 2 heterocycles. The quantitative estimate of drug-likeness (QED) is 0.399. The van der Waals surface area contributed by atoms with Crippen LogP contribution in [0.4, 0.5) is 4.79 Å². The molecule has 0 fully saturated rings. The van der Waals surface area contributed by atoms with Crippen molar-refractivity contribution < 1.29 is 14.3 Å². The minimum Gasteiger partial charge on any atom is -0.428 e. The average Bonchev–Trinajstić information content (AvgIpc) is 2.50. The molecule has 2 aromatic rings. The highest BCUT2D eigenvalue weighted by Crippen LogP contribution is 2.22. The third-order valence-corrected chi connectivity index (χ3v) is 4.49. The maximum Gasteiger partial charge on any atom is 0.509 e. The first-order valence-corrected chi connectivity index (χ1v) is 9.76. The number of ether oxygens (including phenoxy) is 2. The van der Waals surface area contributed by atoms with E-state index in [1.807, 2.05) is 52.0 Å². The van der Waals surface area contributed by atoms with Crippen LogP contribution in [0, 0.1) is 0 Å². The van der Waals surface area contributed by atoms with Crippen LogP contribution in [0.1, 0.15) is 38.8 Å². The number of nitrogens with zero attached hydrogens (tertiary/aromatic N) is 2. The normalized spacial score (nSPS) is 11.9. The van der Waals surface area contributed by atoms with E-state index in [1.54, 1.807) is 12.4 Å². The average molecular weight is 486 g/mol. The summed E-state index contributed by atoms with van der Waals surface area (Å²) < 4.78 is 12.6. The lowest BCUT2D eigenvalue weighted by molar-refractivity contribution is -0.0582. The van der Waals surface area contributed by atoms with Gasteiger partial charge in [-0.05, 0) is 82.8 Å². The zero-order valence-corrected chi connectivity index (χ0v) is 18.4. The molecule has 0 aliphatic heterocycles. The van der Waals surface area contributed by atoms with E-state index in [1.165, 1.54) is 0 Å². The lowest BCUT2D eigenvalue weighted by Gasteiger charge is -2.29. The molecule has 2 rings (SSSR count). The second kappa shape index (κ2) is 8.48. The molecule has 0 saturated heterocycles. The zero-order valence-electron chi connectivity index (χ0n) is 15.3. The van der Waals surface area contributed by atoms with Gasteiger partial charge in [0.15, 0.2) is 0 Å². The smallest absolute Gasteiger partial charge is 0.428 e. The number of aromatic nitrogens is 2. The molecule has 140 valence electrons. The Labute approximate surface area is 170 Å². The van der Waals surface area contributed by atoms with E-state index in [0.717, 1.165) is 20.3 Å². The molecular formula is C19H22Br2N2O3. The van der Waals surface area contributed by atoms with Gasteiger partial charge in [0.25, 0.3) is 0 Å². The van der Waals surface area contributed by atoms with E-state index >= 15 is 0 Å². The Bertz CT molecular complexity index is 681. The highest BCUT2D eigenvalue weighted by molar-refractivity contribution is 9.10. The summed E-state index contributed by atoms with van der Waals surface area (Å²) in [5.74, 6) is 0. The second-order valence-electron chi connectivity index (χ2n) is 7.31. The molecule has 0 aromatic carbocycles. The van der Waals surface area contributed by atoms with Gasteiger partial charge < -0.3 is 9.47 Å². The molecule has 5 nitrogen and oxygen atoms in total. The molecule has 0 saturated carbocycles. The lowest BCUT2D eigenvalue weighted by Crippen LogP contribution is -2.36. The Morgan fingerprint density at radius 3 is 1.54 bits per heavy atom. The monoisotopic (exact) mass is 484 g/mol. The lowest BCUT2D eigenvalue weighted by atomic mass is 9.99. The van der Waals surface area contributed by atoms with E-state index in [9.17, 15) is 4.79 Å². The number of hydrogen-bond acceptors (Lipinski definition) is 5. The SMILES string of the molecule is CC(C)(Cc1ccc(Br)nc1)OC(=O)OC(C)(C)Cc1ccc(Br)nc1. The molecule has 26 heavy (non-hydrogen) atoms. The van der Waals surface area contributed by atoms with Crippen molar-refractivity contribution in [2.24, 2.45) is 0 Å². The summed E-state index contributed by atoms with van der Waals surface area (Å²) in [7, 11) is 0. The molecule has 0 spiro atoms. The summed E-state index contributed by atoms with van der Waals surface area (Å²) in [6.07, 6.45) is 3.91. The number of hydrogen-bond donors (Lipinski definition) is 0. The molecule has 0 unspecified atom stereocenters. The molecule has 0 N–H and O–H groups in total. The van der Waals surface area contributed by atoms with Crippen molar-refractivity contribution in [3.05, 3.63) is 57.0 Å². The van der Waals surface area contributed by atoms with Crippen molar-refractivity contribution in [1.29, 1.82) is 0 Å². The third kappa shape index (κ3) is 7.03. The van der Waals surface area contributed by atoms with Gasteiger partial charge in [-0.15, -0.1) is 0 Å². The fraction of sp³-hybridized carbons (Fsp3) is 0.421. The van der Waals surface area contributed by atoms with Crippen LogP contribution < -0.4 is 0 Å². The number of rotatable bonds is 6. The van der Waals surface area contributed by atoms with Crippen LogP contribution in [0.2, 0.25) is 0 Å². The van der Waals surface area contributed by atoms with E-state index in [4.69, 9.17) is 9.47 Å². The Kier molecular flexibility index (Phi) is 6.80. The van der Waals surface area contributed by atoms with Crippen LogP contribution in [-0.2, 0) is 22.3 Å². The highest BCUT2D eigenvalue weighted by Gasteiger charge is 2.30. The molecule has 0 atom stereocenters. The first kappa shape index (κ1) is 20.8. The summed E-state index contributed by atoms with van der Waals surface area (Å²) in [5, 5.41) is 0. The second-order valence-corrected chi connectivity index (χ2v) is 8.93. The largest absolute Gasteiger partial charge is 0.509 e. The molecule has 0 aliphatic rings. The first-order valence-electron chi connectivity index (χ1n) is 8.18. The van der Waals surface area contributed by atoms with Crippen molar-refractivity contribution in [3.8, 4) is 0 Å². The van der Waals surface area contributed by atoms with Gasteiger partial charge in [0.05, 0.1) is 0 Å². The Morgan fingerprint density at radius 1 is 0.846 bits per heavy atom. The van der Waals surface area contributed by atoms with Gasteiger partial charge in [-0.1, -0.05) is 12.1 Å². The molecule has 7 heteroatoms. The maximum atomic E-state index is 12.3. The van der Waals surface area contributed by atoms with E-state index in [0.29, 0.717) is 12.8 Å². The topological polar surface area (TPSA) is 61.3 Å². The van der Waals surface area contributed by atoms with E-state index < -0.39 is 17.4 Å². The Morgan fingerprint density at radius 2 is 1.23 bits per heavy atom. The van der Waals surface area contributed by atoms with Crippen LogP contribution in [0.5, 0.6) is 0 Å². The molecule has 0 aliphatic carbocycles. The van der Waals surface area contributed by atoms with Gasteiger partial charge in [-0.2, -0.15) is 0 Å². The highest BCUT2D eigenvalue weighted by atomic mass is 79.9. The summed E-state index contributed by atoms with van der Waals surface area (Å²) >= 11 is 6.61. The van der Waals surface area contributed by atoms with Gasteiger partial charge in [0, 0.05) is 25.2 Å². The number of pyridine rings is 2. The molecular weight excluding hydrogens is 464 g/mol. The summed E-state index contributed by atoms with van der Waals surface area (Å²) in [6.45, 7) is 7.40. The van der Waals surface area contributed by atoms with Gasteiger partial charge in [-0.3, -0.25) is 0 Å². The van der Waals surface area contributed by atoms with Crippen molar-refractivity contribution in [3.63, 3.8) is 0 Å². The third-order valence-electron chi connectivity index (χ3n) is 3.56. The summed E-state index contributed by atoms with van der Waals surface area (Å²) in [4.78, 5) is 20.7. The zero-order chi connectivity index (χ0) is 19.4. The maximum absolute atomic E-state index is 12.3. The predicted molar refractivity (Wildman–Crippen MR) is 107 cm³/mol. The van der Waals surface area contributed by atoms with Crippen LogP contribution in [-0.4, -0.2) is 27.3 Å². The fourth-order valence-electron chi connectivity index (χ4n) is 2.55. The molecule has 0 radical (unpaired) electrons. The number of carbonyl (C=O) groups is 1. The van der Waals surface area contributed by atoms with Crippen molar-refractivity contribution in [2.45, 2.75) is 51.7 Å². The molecule has 0 bridgehead atoms. The van der Waals surface area contributed by atoms with Crippen LogP contribution in [0.3, 0.4) is 0 Å². The first-order chi connectivity index (χ1) is 12.0. The van der Waals surface area contributed by atoms with E-state index in [-0.39, 0.29) is 0 Å². The minimum atomic E-state index is -0.707. The fourth-order valence-corrected chi connectivity index (χ4v) is 3.02. The number of halogens is 2. The summed E-state index contributed by atoms with van der Waals surface area (Å²) in [6, 6.07) is 7.61. The van der Waals surface area contributed by atoms with Crippen molar-refractivity contribution >= 4 is 38.0 Å². The van der Waals surface area contributed by atoms with Crippen LogP contribution in [0.25, 0.3) is 0 Å². The van der Waals surface area contributed by atoms with Crippen LogP contribution in [0.15, 0.2) is 45.9 Å². The van der Waals surface area contributed by atoms with Gasteiger partial charge in [0.1, 0.15) is 20.4 Å². The van der Waals surface area contributed by atoms with Crippen molar-refractivity contribution in [2.75, 3.05) is 0 Å². The van der Waals surface area contributed by atoms with Gasteiger partial charge in [-0.25, -0.2) is 14.8 Å². The predicted octanol–water partition coefficient (Wildman–Crippen LogP) is 5.50. The summed E-state index contributed by atoms with van der Waals surface area (Å²) in [5.41, 5.74) is 0.543. The Hall–Kier alpha value is -1.47. The van der Waals surface area contributed by atoms with Crippen molar-refractivity contribution in [1.82, 2.24) is 9.97 Å². The van der Waals surface area contributed by atoms with E-state index in [2.05, 4.69) is 41.8 Å². The number of carbonyl (C=O) groups excluding carboxylic acids is 1. The van der Waals surface area contributed by atoms with Gasteiger partial charge >= 0.3 is 6.16 Å². The standard InChI is InChI=1S/C19H22Br2N2O3/c1-18(2,9-13-5-7-15(20)22-11-13)25-17(24)26-19(3,4)10-14-6-8-16(21)23-12-14/h5-8,11-12H,9-10H2,1-4H3. The van der Waals surface area contributed by atoms with Gasteiger partial charge in [0.2, 0.25) is 0 Å². The Balaban J connectivity index is 1.92. The van der Waals surface area contributed by atoms with Crippen LogP contribution >= 0.6 is 31.9 Å². The minimum absolute atomic E-state index is 0.541. The molecule has 2 aromatic heterocycles. The molecule has 0 amide bonds.